The van der Waals surface area contributed by atoms with Gasteiger partial charge in [0.15, 0.2) is 0 Å². The zero-order valence-electron chi connectivity index (χ0n) is 37.5. The Balaban J connectivity index is 0.000000234. The summed E-state index contributed by atoms with van der Waals surface area (Å²) in [4.78, 5) is 34.7. The summed E-state index contributed by atoms with van der Waals surface area (Å²) in [5.41, 5.74) is 1.35. The van der Waals surface area contributed by atoms with Crippen LogP contribution in [0.4, 0.5) is 22.8 Å². The SMILES string of the molecule is CC(C)(C)OC(=O)N1CCC(C#N)CC1.Fc1ccc(CBr)cc1.[C-]#[N+]C1(Cc2ccc(F)cc2)CCN(C(=O)OC(C)(C)C)CC1.[C-]#[N+]C1(Cc2ccc(F)cc2)CCNCC1. The largest absolute Gasteiger partial charge is 0.444 e. The van der Waals surface area contributed by atoms with E-state index in [1.165, 1.54) is 36.4 Å². The third kappa shape index (κ3) is 19.0. The van der Waals surface area contributed by atoms with Gasteiger partial charge in [0.05, 0.1) is 18.9 Å². The molecule has 0 unspecified atom stereocenters. The van der Waals surface area contributed by atoms with E-state index in [0.29, 0.717) is 45.4 Å². The molecule has 0 spiro atoms. The van der Waals surface area contributed by atoms with E-state index in [-0.39, 0.29) is 41.1 Å². The molecule has 3 aromatic carbocycles. The molecule has 1 N–H and O–H groups in total. The fourth-order valence-electron chi connectivity index (χ4n) is 7.04. The van der Waals surface area contributed by atoms with Crippen LogP contribution in [0.1, 0.15) is 96.8 Å². The van der Waals surface area contributed by atoms with Gasteiger partial charge in [0.25, 0.3) is 0 Å². The topological polar surface area (TPSA) is 104 Å². The van der Waals surface area contributed by atoms with E-state index in [4.69, 9.17) is 27.9 Å². The van der Waals surface area contributed by atoms with E-state index in [9.17, 15) is 22.8 Å². The van der Waals surface area contributed by atoms with Gasteiger partial charge in [0, 0.05) is 76.2 Å². The highest BCUT2D eigenvalue weighted by Crippen LogP contribution is 2.32. The molecule has 3 fully saturated rings. The maximum Gasteiger partial charge on any atom is 0.410 e. The molecule has 0 atom stereocenters. The molecule has 0 bridgehead atoms. The molecule has 3 aromatic rings. The van der Waals surface area contributed by atoms with Crippen LogP contribution in [0, 0.1) is 47.8 Å². The fourth-order valence-corrected chi connectivity index (χ4v) is 7.41. The number of nitrogens with zero attached hydrogens (tertiary/aromatic N) is 5. The molecule has 63 heavy (non-hydrogen) atoms. The number of ether oxygens (including phenoxy) is 2. The molecule has 340 valence electrons. The lowest BCUT2D eigenvalue weighted by Crippen LogP contribution is -2.47. The summed E-state index contributed by atoms with van der Waals surface area (Å²) in [5, 5.41) is 12.8. The van der Waals surface area contributed by atoms with E-state index in [1.54, 1.807) is 46.2 Å². The summed E-state index contributed by atoms with van der Waals surface area (Å²) >= 11 is 3.26. The zero-order valence-corrected chi connectivity index (χ0v) is 39.1. The molecule has 0 aromatic heterocycles. The lowest BCUT2D eigenvalue weighted by atomic mass is 9.82. The highest BCUT2D eigenvalue weighted by Gasteiger charge is 2.42. The Morgan fingerprint density at radius 2 is 1.03 bits per heavy atom. The molecule has 3 heterocycles. The minimum atomic E-state index is -0.518. The number of benzene rings is 3. The van der Waals surface area contributed by atoms with Crippen molar-refractivity contribution in [3.8, 4) is 6.07 Å². The molecule has 14 heteroatoms. The molecule has 0 radical (unpaired) electrons. The second-order valence-electron chi connectivity index (χ2n) is 18.1. The van der Waals surface area contributed by atoms with Crippen LogP contribution in [0.15, 0.2) is 72.8 Å². The van der Waals surface area contributed by atoms with Crippen LogP contribution in [-0.2, 0) is 27.6 Å². The first kappa shape index (κ1) is 52.2. The van der Waals surface area contributed by atoms with Gasteiger partial charge in [-0.3, -0.25) is 0 Å². The van der Waals surface area contributed by atoms with Crippen molar-refractivity contribution in [3.63, 3.8) is 0 Å². The van der Waals surface area contributed by atoms with Gasteiger partial charge >= 0.3 is 12.2 Å². The van der Waals surface area contributed by atoms with Crippen molar-refractivity contribution in [1.82, 2.24) is 15.1 Å². The van der Waals surface area contributed by atoms with Gasteiger partial charge < -0.3 is 34.3 Å². The molecule has 2 amide bonds. The summed E-state index contributed by atoms with van der Waals surface area (Å²) in [6.45, 7) is 30.1. The highest BCUT2D eigenvalue weighted by atomic mass is 79.9. The van der Waals surface area contributed by atoms with Crippen LogP contribution in [-0.4, -0.2) is 83.5 Å². The standard InChI is InChI=1S/C18H23FN2O2.C13H15FN2.C11H18N2O2.C7H6BrF/c1-17(2,3)23-16(22)21-11-9-18(20-4,10-12-21)13-14-5-7-15(19)8-6-14;1-15-13(6-8-16-9-7-13)10-11-2-4-12(14)5-3-11;1-11(2,3)15-10(14)13-6-4-9(8-12)5-7-13;8-5-6-1-3-7(9)4-2-6/h5-8H,9-13H2,1-3H3;2-5,16H,6-10H2;9H,4-7H2,1-3H3;1-4H,5H2. The number of piperidine rings is 3. The molecule has 3 aliphatic rings. The summed E-state index contributed by atoms with van der Waals surface area (Å²) in [7, 11) is 0. The van der Waals surface area contributed by atoms with Crippen molar-refractivity contribution in [2.45, 2.75) is 121 Å². The second-order valence-corrected chi connectivity index (χ2v) is 18.7. The van der Waals surface area contributed by atoms with Crippen molar-refractivity contribution in [1.29, 1.82) is 5.26 Å². The highest BCUT2D eigenvalue weighted by molar-refractivity contribution is 9.08. The summed E-state index contributed by atoms with van der Waals surface area (Å²) in [6.07, 6.45) is 5.22. The summed E-state index contributed by atoms with van der Waals surface area (Å²) in [5.74, 6) is -0.570. The number of alkyl halides is 1. The lowest BCUT2D eigenvalue weighted by Gasteiger charge is -2.35. The van der Waals surface area contributed by atoms with Gasteiger partial charge in [0.2, 0.25) is 11.1 Å². The van der Waals surface area contributed by atoms with Gasteiger partial charge in [-0.15, -0.1) is 0 Å². The van der Waals surface area contributed by atoms with Crippen LogP contribution < -0.4 is 5.32 Å². The number of carbonyl (C=O) groups is 2. The number of amides is 2. The number of carbonyl (C=O) groups excluding carboxylic acids is 2. The number of hydrogen-bond acceptors (Lipinski definition) is 6. The first-order chi connectivity index (χ1) is 29.7. The number of nitriles is 1. The number of hydrogen-bond donors (Lipinski definition) is 1. The Hall–Kier alpha value is -5.10. The number of halogens is 4. The molecule has 0 aliphatic carbocycles. The summed E-state index contributed by atoms with van der Waals surface area (Å²) in [6, 6.07) is 21.4. The zero-order chi connectivity index (χ0) is 46.7. The van der Waals surface area contributed by atoms with Gasteiger partial charge in [0.1, 0.15) is 28.7 Å². The Bertz CT molecular complexity index is 2000. The quantitative estimate of drug-likeness (QED) is 0.202. The monoisotopic (exact) mass is 934 g/mol. The van der Waals surface area contributed by atoms with Crippen LogP contribution in [0.25, 0.3) is 9.69 Å². The Kier molecular flexibility index (Phi) is 20.5. The minimum absolute atomic E-state index is 0.101. The number of nitrogens with one attached hydrogen (secondary N) is 1. The van der Waals surface area contributed by atoms with Gasteiger partial charge in [-0.1, -0.05) is 52.3 Å². The van der Waals surface area contributed by atoms with Crippen molar-refractivity contribution in [2.24, 2.45) is 5.92 Å². The van der Waals surface area contributed by atoms with Crippen LogP contribution in [0.3, 0.4) is 0 Å². The lowest BCUT2D eigenvalue weighted by molar-refractivity contribution is 0.0178. The normalized spacial score (nSPS) is 16.9. The fraction of sp³-hybridized carbons (Fsp3) is 0.531. The number of rotatable bonds is 5. The van der Waals surface area contributed by atoms with Crippen LogP contribution in [0.2, 0.25) is 0 Å². The average Bonchev–Trinajstić information content (AvgIpc) is 3.26. The average molecular weight is 936 g/mol. The van der Waals surface area contributed by atoms with Crippen molar-refractivity contribution in [2.75, 3.05) is 39.3 Å². The minimum Gasteiger partial charge on any atom is -0.444 e. The van der Waals surface area contributed by atoms with Gasteiger partial charge in [-0.25, -0.2) is 35.9 Å². The first-order valence-electron chi connectivity index (χ1n) is 21.3. The van der Waals surface area contributed by atoms with E-state index >= 15 is 0 Å². The molecular formula is C49H62BrF3N6O4. The maximum atomic E-state index is 13.0. The molecule has 6 rings (SSSR count). The van der Waals surface area contributed by atoms with Crippen molar-refractivity contribution < 1.29 is 32.2 Å². The van der Waals surface area contributed by atoms with Crippen LogP contribution >= 0.6 is 15.9 Å². The van der Waals surface area contributed by atoms with E-state index in [1.807, 2.05) is 41.5 Å². The second kappa shape index (κ2) is 24.7. The van der Waals surface area contributed by atoms with Gasteiger partial charge in [-0.05, 0) is 107 Å². The number of likely N-dealkylation sites (tertiary alicyclic amines) is 2. The summed E-state index contributed by atoms with van der Waals surface area (Å²) < 4.78 is 48.6. The first-order valence-corrected chi connectivity index (χ1v) is 22.5. The van der Waals surface area contributed by atoms with Gasteiger partial charge in [-0.2, -0.15) is 5.26 Å². The smallest absolute Gasteiger partial charge is 0.410 e. The van der Waals surface area contributed by atoms with E-state index in [2.05, 4.69) is 37.0 Å². The predicted octanol–water partition coefficient (Wildman–Crippen LogP) is 11.3. The Morgan fingerprint density at radius 1 is 0.683 bits per heavy atom. The molecular weight excluding hydrogens is 873 g/mol. The predicted molar refractivity (Wildman–Crippen MR) is 243 cm³/mol. The molecule has 3 aliphatic heterocycles. The molecule has 10 nitrogen and oxygen atoms in total. The van der Waals surface area contributed by atoms with Crippen LogP contribution in [0.5, 0.6) is 0 Å². The Morgan fingerprint density at radius 3 is 1.37 bits per heavy atom. The van der Waals surface area contributed by atoms with E-state index < -0.39 is 16.7 Å². The van der Waals surface area contributed by atoms with E-state index in [0.717, 1.165) is 67.2 Å². The molecule has 3 saturated heterocycles. The van der Waals surface area contributed by atoms with Crippen molar-refractivity contribution in [3.05, 3.63) is 130 Å². The Labute approximate surface area is 380 Å². The third-order valence-corrected chi connectivity index (χ3v) is 11.3. The van der Waals surface area contributed by atoms with Crippen molar-refractivity contribution >= 4 is 28.1 Å². The third-order valence-electron chi connectivity index (χ3n) is 10.6. The maximum absolute atomic E-state index is 13.0. The molecule has 0 saturated carbocycles.